The van der Waals surface area contributed by atoms with Gasteiger partial charge in [-0.25, -0.2) is 0 Å². The number of amides is 1. The lowest BCUT2D eigenvalue weighted by atomic mass is 10.0. The quantitative estimate of drug-likeness (QED) is 0.0328. The third-order valence-corrected chi connectivity index (χ3v) is 10.2. The van der Waals surface area contributed by atoms with Crippen LogP contribution in [0.3, 0.4) is 0 Å². The predicted octanol–water partition coefficient (Wildman–Crippen LogP) is 13.3. The van der Waals surface area contributed by atoms with Crippen molar-refractivity contribution in [3.63, 3.8) is 0 Å². The predicted molar refractivity (Wildman–Crippen MR) is 236 cm³/mol. The minimum atomic E-state index is -0.815. The van der Waals surface area contributed by atoms with E-state index in [-0.39, 0.29) is 24.9 Å². The van der Waals surface area contributed by atoms with Crippen LogP contribution >= 0.6 is 0 Å². The summed E-state index contributed by atoms with van der Waals surface area (Å²) >= 11 is 0. The normalized spacial score (nSPS) is 13.9. The molecule has 3 atom stereocenters. The Labute approximate surface area is 339 Å². The van der Waals surface area contributed by atoms with E-state index in [0.717, 1.165) is 44.9 Å². The first-order valence-corrected chi connectivity index (χ1v) is 23.1. The molecule has 0 aliphatic carbocycles. The molecule has 0 saturated heterocycles. The van der Waals surface area contributed by atoms with Gasteiger partial charge in [-0.15, -0.1) is 0 Å². The molecule has 3 N–H and O–H groups in total. The minimum absolute atomic E-state index is 0.0177. The van der Waals surface area contributed by atoms with E-state index in [2.05, 4.69) is 32.2 Å². The van der Waals surface area contributed by atoms with E-state index >= 15 is 0 Å². The third-order valence-electron chi connectivity index (χ3n) is 10.2. The number of allylic oxidation sites excluding steroid dienone is 9. The highest BCUT2D eigenvalue weighted by molar-refractivity contribution is 5.77. The smallest absolute Gasteiger partial charge is 0.306 e. The molecule has 6 nitrogen and oxygen atoms in total. The number of carbonyl (C=O) groups excluding carboxylic acids is 2. The Bertz CT molecular complexity index is 999. The molecular formula is C49H87NO5. The number of aliphatic hydroxyl groups excluding tert-OH is 2. The Hall–Kier alpha value is -2.44. The van der Waals surface area contributed by atoms with Crippen LogP contribution in [-0.2, 0) is 14.3 Å². The Morgan fingerprint density at radius 2 is 0.945 bits per heavy atom. The third kappa shape index (κ3) is 38.2. The van der Waals surface area contributed by atoms with E-state index in [1.807, 2.05) is 54.7 Å². The molecule has 0 rings (SSSR count). The molecule has 55 heavy (non-hydrogen) atoms. The molecule has 3 unspecified atom stereocenters. The lowest BCUT2D eigenvalue weighted by molar-refractivity contribution is -0.150. The number of rotatable bonds is 40. The average Bonchev–Trinajstić information content (AvgIpc) is 3.18. The second kappa shape index (κ2) is 42.7. The summed E-state index contributed by atoms with van der Waals surface area (Å²) in [4.78, 5) is 25.9. The number of aliphatic hydroxyl groups is 2. The van der Waals surface area contributed by atoms with Crippen molar-refractivity contribution in [2.75, 3.05) is 6.61 Å². The monoisotopic (exact) mass is 770 g/mol. The molecular weight excluding hydrogens is 683 g/mol. The Morgan fingerprint density at radius 3 is 1.38 bits per heavy atom. The number of esters is 1. The summed E-state index contributed by atoms with van der Waals surface area (Å²) in [7, 11) is 0. The van der Waals surface area contributed by atoms with Crippen LogP contribution in [0, 0.1) is 0 Å². The van der Waals surface area contributed by atoms with Crippen LogP contribution in [0.25, 0.3) is 0 Å². The van der Waals surface area contributed by atoms with Crippen LogP contribution in [-0.4, -0.2) is 46.9 Å². The fourth-order valence-corrected chi connectivity index (χ4v) is 6.75. The number of hydrogen-bond acceptors (Lipinski definition) is 5. The molecule has 0 aromatic rings. The summed E-state index contributed by atoms with van der Waals surface area (Å²) in [5.41, 5.74) is 0. The van der Waals surface area contributed by atoms with Crippen molar-refractivity contribution in [3.8, 4) is 0 Å². The fraction of sp³-hybridized carbons (Fsp3) is 0.755. The van der Waals surface area contributed by atoms with E-state index in [0.29, 0.717) is 19.3 Å². The molecule has 0 aliphatic rings. The van der Waals surface area contributed by atoms with Gasteiger partial charge in [0.15, 0.2) is 0 Å². The molecule has 318 valence electrons. The van der Waals surface area contributed by atoms with Crippen molar-refractivity contribution in [1.82, 2.24) is 5.32 Å². The first-order valence-electron chi connectivity index (χ1n) is 23.1. The molecule has 6 heteroatoms. The van der Waals surface area contributed by atoms with Crippen molar-refractivity contribution in [2.24, 2.45) is 0 Å². The summed E-state index contributed by atoms with van der Waals surface area (Å²) in [6.07, 6.45) is 51.6. The second-order valence-electron chi connectivity index (χ2n) is 15.6. The summed E-state index contributed by atoms with van der Waals surface area (Å²) < 4.78 is 5.82. The van der Waals surface area contributed by atoms with Crippen molar-refractivity contribution in [3.05, 3.63) is 60.8 Å². The van der Waals surface area contributed by atoms with E-state index in [4.69, 9.17) is 4.74 Å². The van der Waals surface area contributed by atoms with Crippen molar-refractivity contribution < 1.29 is 24.5 Å². The van der Waals surface area contributed by atoms with Crippen LogP contribution in [0.2, 0.25) is 0 Å². The standard InChI is InChI=1S/C49H87NO5/c1-4-7-10-13-16-19-22-23-24-27-30-33-36-39-42-49(54)55-45(40-37-34-31-28-25-20-17-14-11-8-5-2)43-48(53)50-46(44-51)47(52)41-38-35-32-29-26-21-18-15-12-9-6-3/h8,11,14,17,20,25,28,31,34,37,45-47,51-52H,4-7,9-10,12-13,15-16,18-19,21-24,26-27,29-30,32-33,35-36,38-44H2,1-3H3,(H,50,53)/b11-8+,17-14+,25-20-,31-28-,37-34+. The van der Waals surface area contributed by atoms with Gasteiger partial charge >= 0.3 is 5.97 Å². The van der Waals surface area contributed by atoms with Gasteiger partial charge in [0, 0.05) is 12.8 Å². The number of hydrogen-bond donors (Lipinski definition) is 3. The zero-order valence-electron chi connectivity index (χ0n) is 36.0. The Balaban J connectivity index is 4.70. The van der Waals surface area contributed by atoms with E-state index < -0.39 is 18.2 Å². The zero-order valence-corrected chi connectivity index (χ0v) is 36.0. The number of ether oxygens (including phenoxy) is 1. The van der Waals surface area contributed by atoms with Gasteiger partial charge in [0.05, 0.1) is 25.2 Å². The summed E-state index contributed by atoms with van der Waals surface area (Å²) in [5, 5.41) is 23.6. The van der Waals surface area contributed by atoms with Gasteiger partial charge in [0.25, 0.3) is 0 Å². The number of carbonyl (C=O) groups is 2. The largest absolute Gasteiger partial charge is 0.461 e. The van der Waals surface area contributed by atoms with Crippen molar-refractivity contribution >= 4 is 11.9 Å². The van der Waals surface area contributed by atoms with E-state index in [1.165, 1.54) is 122 Å². The topological polar surface area (TPSA) is 95.9 Å². The Kier molecular flexibility index (Phi) is 40.8. The average molecular weight is 770 g/mol. The highest BCUT2D eigenvalue weighted by atomic mass is 16.5. The van der Waals surface area contributed by atoms with Gasteiger partial charge in [0.1, 0.15) is 6.10 Å². The second-order valence-corrected chi connectivity index (χ2v) is 15.6. The first-order chi connectivity index (χ1) is 27.0. The van der Waals surface area contributed by atoms with Gasteiger partial charge in [-0.2, -0.15) is 0 Å². The highest BCUT2D eigenvalue weighted by Crippen LogP contribution is 2.16. The lowest BCUT2D eigenvalue weighted by Gasteiger charge is -2.24. The van der Waals surface area contributed by atoms with Crippen LogP contribution in [0.4, 0.5) is 0 Å². The van der Waals surface area contributed by atoms with Gasteiger partial charge in [-0.3, -0.25) is 9.59 Å². The molecule has 0 aromatic carbocycles. The van der Waals surface area contributed by atoms with E-state index in [9.17, 15) is 19.8 Å². The molecule has 0 fully saturated rings. The van der Waals surface area contributed by atoms with Gasteiger partial charge in [-0.1, -0.05) is 236 Å². The maximum absolute atomic E-state index is 13.1. The SMILES string of the molecule is CC/C=C/C=C/C=C\C=C/C=C/CC(CC(=O)NC(CO)C(O)CCCCCCCCCCCCC)OC(=O)CCCCCCCCCCCCCCCC. The molecule has 0 heterocycles. The number of unbranched alkanes of at least 4 members (excludes halogenated alkanes) is 23. The molecule has 0 aliphatic heterocycles. The summed E-state index contributed by atoms with van der Waals surface area (Å²) in [5.74, 6) is -0.607. The molecule has 0 aromatic heterocycles. The molecule has 0 spiro atoms. The minimum Gasteiger partial charge on any atom is -0.461 e. The zero-order chi connectivity index (χ0) is 40.3. The van der Waals surface area contributed by atoms with Crippen molar-refractivity contribution in [2.45, 2.75) is 232 Å². The van der Waals surface area contributed by atoms with Gasteiger partial charge < -0.3 is 20.3 Å². The van der Waals surface area contributed by atoms with Gasteiger partial charge in [0.2, 0.25) is 5.91 Å². The molecule has 0 radical (unpaired) electrons. The highest BCUT2D eigenvalue weighted by Gasteiger charge is 2.23. The van der Waals surface area contributed by atoms with Crippen LogP contribution in [0.15, 0.2) is 60.8 Å². The summed E-state index contributed by atoms with van der Waals surface area (Å²) in [6, 6.07) is -0.737. The van der Waals surface area contributed by atoms with Crippen LogP contribution < -0.4 is 5.32 Å². The lowest BCUT2D eigenvalue weighted by Crippen LogP contribution is -2.46. The van der Waals surface area contributed by atoms with Crippen LogP contribution in [0.1, 0.15) is 213 Å². The van der Waals surface area contributed by atoms with E-state index in [1.54, 1.807) is 0 Å². The molecule has 0 bridgehead atoms. The number of nitrogens with one attached hydrogen (secondary N) is 1. The van der Waals surface area contributed by atoms with Gasteiger partial charge in [-0.05, 0) is 19.3 Å². The first kappa shape index (κ1) is 52.6. The van der Waals surface area contributed by atoms with Crippen molar-refractivity contribution in [1.29, 1.82) is 0 Å². The molecule has 1 amide bonds. The van der Waals surface area contributed by atoms with Crippen LogP contribution in [0.5, 0.6) is 0 Å². The maximum Gasteiger partial charge on any atom is 0.306 e. The Morgan fingerprint density at radius 1 is 0.545 bits per heavy atom. The summed E-state index contributed by atoms with van der Waals surface area (Å²) in [6.45, 7) is 6.28. The fourth-order valence-electron chi connectivity index (χ4n) is 6.75. The molecule has 0 saturated carbocycles. The maximum atomic E-state index is 13.1.